The van der Waals surface area contributed by atoms with Crippen molar-refractivity contribution >= 4 is 5.78 Å². The van der Waals surface area contributed by atoms with Crippen molar-refractivity contribution in [1.82, 2.24) is 0 Å². The molecular weight excluding hydrogens is 240 g/mol. The molecule has 0 atom stereocenters. The van der Waals surface area contributed by atoms with E-state index in [4.69, 9.17) is 9.47 Å². The second kappa shape index (κ2) is 6.60. The lowest BCUT2D eigenvalue weighted by Crippen LogP contribution is -2.08. The van der Waals surface area contributed by atoms with Gasteiger partial charge < -0.3 is 9.47 Å². The third-order valence-corrected chi connectivity index (χ3v) is 3.84. The molecule has 0 N–H and O–H groups in total. The van der Waals surface area contributed by atoms with Crippen molar-refractivity contribution in [1.29, 1.82) is 0 Å². The number of ether oxygens (including phenoxy) is 2. The Morgan fingerprint density at radius 3 is 2.47 bits per heavy atom. The summed E-state index contributed by atoms with van der Waals surface area (Å²) in [4.78, 5) is 12.1. The van der Waals surface area contributed by atoms with E-state index in [1.54, 1.807) is 14.2 Å². The fourth-order valence-corrected chi connectivity index (χ4v) is 2.83. The largest absolute Gasteiger partial charge is 0.493 e. The maximum Gasteiger partial charge on any atom is 0.161 e. The van der Waals surface area contributed by atoms with Crippen LogP contribution in [-0.4, -0.2) is 20.0 Å². The standard InChI is InChI=1S/C16H22O3/c1-18-15-8-7-13(11-16(15)19-2)10-14(17)9-12-5-3-4-6-12/h7-8,11-12H,3-6,9-10H2,1-2H3. The van der Waals surface area contributed by atoms with Gasteiger partial charge in [-0.15, -0.1) is 0 Å². The number of benzene rings is 1. The quantitative estimate of drug-likeness (QED) is 0.788. The molecule has 0 amide bonds. The molecule has 19 heavy (non-hydrogen) atoms. The van der Waals surface area contributed by atoms with Gasteiger partial charge in [-0.2, -0.15) is 0 Å². The first kappa shape index (κ1) is 13.9. The second-order valence-electron chi connectivity index (χ2n) is 5.26. The average Bonchev–Trinajstić information content (AvgIpc) is 2.91. The Bertz CT molecular complexity index is 434. The smallest absolute Gasteiger partial charge is 0.161 e. The van der Waals surface area contributed by atoms with Crippen LogP contribution in [0.2, 0.25) is 0 Å². The Kier molecular flexibility index (Phi) is 4.83. The summed E-state index contributed by atoms with van der Waals surface area (Å²) in [5.41, 5.74) is 1.00. The summed E-state index contributed by atoms with van der Waals surface area (Å²) in [5.74, 6) is 2.34. The van der Waals surface area contributed by atoms with Gasteiger partial charge in [-0.25, -0.2) is 0 Å². The number of carbonyl (C=O) groups is 1. The SMILES string of the molecule is COc1ccc(CC(=O)CC2CCCC2)cc1OC. The van der Waals surface area contributed by atoms with E-state index in [1.165, 1.54) is 25.7 Å². The molecule has 0 spiro atoms. The van der Waals surface area contributed by atoms with E-state index in [1.807, 2.05) is 18.2 Å². The molecule has 1 fully saturated rings. The Labute approximate surface area is 114 Å². The van der Waals surface area contributed by atoms with Crippen LogP contribution in [0.4, 0.5) is 0 Å². The molecule has 0 radical (unpaired) electrons. The summed E-state index contributed by atoms with van der Waals surface area (Å²) in [7, 11) is 3.23. The monoisotopic (exact) mass is 262 g/mol. The molecule has 3 heteroatoms. The van der Waals surface area contributed by atoms with Crippen LogP contribution in [0.1, 0.15) is 37.7 Å². The van der Waals surface area contributed by atoms with E-state index in [0.717, 1.165) is 12.0 Å². The van der Waals surface area contributed by atoms with E-state index in [9.17, 15) is 4.79 Å². The van der Waals surface area contributed by atoms with Crippen LogP contribution in [0, 0.1) is 5.92 Å². The molecule has 0 bridgehead atoms. The first-order chi connectivity index (χ1) is 9.22. The van der Waals surface area contributed by atoms with Crippen molar-refractivity contribution in [2.24, 2.45) is 5.92 Å². The first-order valence-electron chi connectivity index (χ1n) is 6.95. The fourth-order valence-electron chi connectivity index (χ4n) is 2.83. The topological polar surface area (TPSA) is 35.5 Å². The van der Waals surface area contributed by atoms with Crippen LogP contribution in [0.5, 0.6) is 11.5 Å². The molecule has 104 valence electrons. The van der Waals surface area contributed by atoms with E-state index in [0.29, 0.717) is 29.6 Å². The number of Topliss-reactive ketones (excluding diaryl/α,β-unsaturated/α-hetero) is 1. The highest BCUT2D eigenvalue weighted by Gasteiger charge is 2.18. The molecule has 0 saturated heterocycles. The zero-order chi connectivity index (χ0) is 13.7. The number of rotatable bonds is 6. The molecule has 2 rings (SSSR count). The van der Waals surface area contributed by atoms with Crippen molar-refractivity contribution in [3.8, 4) is 11.5 Å². The van der Waals surface area contributed by atoms with Gasteiger partial charge in [-0.1, -0.05) is 31.7 Å². The summed E-state index contributed by atoms with van der Waals surface area (Å²) in [6.45, 7) is 0. The molecule has 0 aliphatic heterocycles. The maximum atomic E-state index is 12.1. The minimum Gasteiger partial charge on any atom is -0.493 e. The molecule has 1 aromatic carbocycles. The van der Waals surface area contributed by atoms with Crippen LogP contribution >= 0.6 is 0 Å². The first-order valence-corrected chi connectivity index (χ1v) is 6.95. The predicted molar refractivity (Wildman–Crippen MR) is 74.8 cm³/mol. The van der Waals surface area contributed by atoms with Crippen LogP contribution in [0.25, 0.3) is 0 Å². The van der Waals surface area contributed by atoms with Crippen LogP contribution in [0.3, 0.4) is 0 Å². The van der Waals surface area contributed by atoms with Gasteiger partial charge in [-0.05, 0) is 23.6 Å². The molecule has 0 aromatic heterocycles. The van der Waals surface area contributed by atoms with Crippen molar-refractivity contribution < 1.29 is 14.3 Å². The number of hydrogen-bond donors (Lipinski definition) is 0. The lowest BCUT2D eigenvalue weighted by Gasteiger charge is -2.10. The minimum atomic E-state index is 0.333. The Morgan fingerprint density at radius 2 is 1.84 bits per heavy atom. The maximum absolute atomic E-state index is 12.1. The van der Waals surface area contributed by atoms with E-state index >= 15 is 0 Å². The van der Waals surface area contributed by atoms with Gasteiger partial charge in [0, 0.05) is 12.8 Å². The van der Waals surface area contributed by atoms with Crippen molar-refractivity contribution in [2.45, 2.75) is 38.5 Å². The van der Waals surface area contributed by atoms with Gasteiger partial charge >= 0.3 is 0 Å². The summed E-state index contributed by atoms with van der Waals surface area (Å²) in [5, 5.41) is 0. The average molecular weight is 262 g/mol. The van der Waals surface area contributed by atoms with Gasteiger partial charge in [0.1, 0.15) is 5.78 Å². The number of methoxy groups -OCH3 is 2. The van der Waals surface area contributed by atoms with E-state index < -0.39 is 0 Å². The molecular formula is C16H22O3. The molecule has 3 nitrogen and oxygen atoms in total. The molecule has 1 saturated carbocycles. The summed E-state index contributed by atoms with van der Waals surface area (Å²) in [6, 6.07) is 5.69. The Morgan fingerprint density at radius 1 is 1.16 bits per heavy atom. The second-order valence-corrected chi connectivity index (χ2v) is 5.26. The van der Waals surface area contributed by atoms with Crippen molar-refractivity contribution in [2.75, 3.05) is 14.2 Å². The molecule has 0 unspecified atom stereocenters. The lowest BCUT2D eigenvalue weighted by atomic mass is 9.97. The van der Waals surface area contributed by atoms with Crippen molar-refractivity contribution in [3.63, 3.8) is 0 Å². The predicted octanol–water partition coefficient (Wildman–Crippen LogP) is 3.40. The Hall–Kier alpha value is -1.51. The highest BCUT2D eigenvalue weighted by Crippen LogP contribution is 2.30. The normalized spacial score (nSPS) is 15.5. The summed E-state index contributed by atoms with van der Waals surface area (Å²) < 4.78 is 10.4. The van der Waals surface area contributed by atoms with Gasteiger partial charge in [0.15, 0.2) is 11.5 Å². The highest BCUT2D eigenvalue weighted by atomic mass is 16.5. The summed E-state index contributed by atoms with van der Waals surface area (Å²) in [6.07, 6.45) is 6.24. The molecule has 1 aliphatic rings. The van der Waals surface area contributed by atoms with Gasteiger partial charge in [0.2, 0.25) is 0 Å². The zero-order valence-electron chi connectivity index (χ0n) is 11.8. The fraction of sp³-hybridized carbons (Fsp3) is 0.562. The third kappa shape index (κ3) is 3.72. The highest BCUT2D eigenvalue weighted by molar-refractivity contribution is 5.81. The van der Waals surface area contributed by atoms with Crippen LogP contribution in [-0.2, 0) is 11.2 Å². The van der Waals surface area contributed by atoms with Crippen LogP contribution in [0.15, 0.2) is 18.2 Å². The summed E-state index contributed by atoms with van der Waals surface area (Å²) >= 11 is 0. The van der Waals surface area contributed by atoms with E-state index in [2.05, 4.69) is 0 Å². The van der Waals surface area contributed by atoms with Gasteiger partial charge in [0.05, 0.1) is 14.2 Å². The van der Waals surface area contributed by atoms with Crippen molar-refractivity contribution in [3.05, 3.63) is 23.8 Å². The third-order valence-electron chi connectivity index (χ3n) is 3.84. The molecule has 1 aromatic rings. The number of hydrogen-bond acceptors (Lipinski definition) is 3. The Balaban J connectivity index is 1.96. The van der Waals surface area contributed by atoms with Gasteiger partial charge in [0.25, 0.3) is 0 Å². The number of ketones is 1. The molecule has 1 aliphatic carbocycles. The number of carbonyl (C=O) groups excluding carboxylic acids is 1. The lowest BCUT2D eigenvalue weighted by molar-refractivity contribution is -0.119. The zero-order valence-corrected chi connectivity index (χ0v) is 11.8. The van der Waals surface area contributed by atoms with E-state index in [-0.39, 0.29) is 0 Å². The van der Waals surface area contributed by atoms with Crippen LogP contribution < -0.4 is 9.47 Å². The minimum absolute atomic E-state index is 0.333. The molecule has 0 heterocycles. The van der Waals surface area contributed by atoms with Gasteiger partial charge in [-0.3, -0.25) is 4.79 Å².